The van der Waals surface area contributed by atoms with Gasteiger partial charge < -0.3 is 10.2 Å². The van der Waals surface area contributed by atoms with Gasteiger partial charge in [0.25, 0.3) is 0 Å². The Morgan fingerprint density at radius 1 is 1.38 bits per heavy atom. The number of amides is 1. The normalized spacial score (nSPS) is 25.1. The van der Waals surface area contributed by atoms with Gasteiger partial charge in [-0.15, -0.1) is 11.3 Å². The van der Waals surface area contributed by atoms with Crippen LogP contribution in [0, 0.1) is 11.8 Å². The summed E-state index contributed by atoms with van der Waals surface area (Å²) in [6, 6.07) is 0.498. The van der Waals surface area contributed by atoms with E-state index in [4.69, 9.17) is 4.98 Å². The number of thiazole rings is 1. The number of nitrogens with zero attached hydrogens (tertiary/aromatic N) is 2. The number of likely N-dealkylation sites (tertiary alicyclic amines) is 1. The minimum absolute atomic E-state index is 0.128. The number of hydrogen-bond acceptors (Lipinski definition) is 4. The fourth-order valence-corrected chi connectivity index (χ4v) is 4.38. The van der Waals surface area contributed by atoms with Gasteiger partial charge in [0, 0.05) is 42.4 Å². The standard InChI is InChI=1S/C19H31N3OS/c1-5-13-11-22(17(23)14-6-7-14)9-8-16(13)20-10-15-12-24-18(21-15)19(2,3)4/h12-14,16,20H,5-11H2,1-4H3. The smallest absolute Gasteiger partial charge is 0.225 e. The first kappa shape index (κ1) is 17.9. The molecule has 1 amide bonds. The number of hydrogen-bond donors (Lipinski definition) is 1. The summed E-state index contributed by atoms with van der Waals surface area (Å²) in [4.78, 5) is 19.2. The number of aromatic nitrogens is 1. The molecule has 2 aliphatic rings. The molecule has 2 atom stereocenters. The van der Waals surface area contributed by atoms with E-state index >= 15 is 0 Å². The van der Waals surface area contributed by atoms with Gasteiger partial charge in [0.1, 0.15) is 0 Å². The summed E-state index contributed by atoms with van der Waals surface area (Å²) in [6.07, 6.45) is 4.39. The molecule has 1 aliphatic carbocycles. The Labute approximate surface area is 150 Å². The van der Waals surface area contributed by atoms with E-state index in [-0.39, 0.29) is 5.41 Å². The second-order valence-electron chi connectivity index (χ2n) is 8.40. The van der Waals surface area contributed by atoms with Crippen molar-refractivity contribution in [3.05, 3.63) is 16.1 Å². The highest BCUT2D eigenvalue weighted by Crippen LogP contribution is 2.33. The Bertz CT molecular complexity index is 573. The average Bonchev–Trinajstić information content (AvgIpc) is 3.28. The minimum atomic E-state index is 0.128. The van der Waals surface area contributed by atoms with Gasteiger partial charge in [-0.2, -0.15) is 0 Å². The van der Waals surface area contributed by atoms with E-state index in [1.54, 1.807) is 11.3 Å². The summed E-state index contributed by atoms with van der Waals surface area (Å²) in [6.45, 7) is 11.5. The van der Waals surface area contributed by atoms with E-state index < -0.39 is 0 Å². The van der Waals surface area contributed by atoms with E-state index in [1.807, 2.05) is 0 Å². The molecule has 1 saturated carbocycles. The molecule has 24 heavy (non-hydrogen) atoms. The lowest BCUT2D eigenvalue weighted by molar-refractivity contribution is -0.134. The number of piperidine rings is 1. The van der Waals surface area contributed by atoms with Crippen LogP contribution in [0.5, 0.6) is 0 Å². The molecule has 4 nitrogen and oxygen atoms in total. The topological polar surface area (TPSA) is 45.2 Å². The van der Waals surface area contributed by atoms with Gasteiger partial charge in [-0.3, -0.25) is 4.79 Å². The highest BCUT2D eigenvalue weighted by molar-refractivity contribution is 7.09. The lowest BCUT2D eigenvalue weighted by Gasteiger charge is -2.39. The highest BCUT2D eigenvalue weighted by Gasteiger charge is 2.37. The van der Waals surface area contributed by atoms with Crippen LogP contribution in [0.25, 0.3) is 0 Å². The number of carbonyl (C=O) groups excluding carboxylic acids is 1. The molecule has 0 spiro atoms. The third-order valence-corrected chi connectivity index (χ3v) is 6.55. The fourth-order valence-electron chi connectivity index (χ4n) is 3.47. The Morgan fingerprint density at radius 2 is 2.12 bits per heavy atom. The van der Waals surface area contributed by atoms with Crippen molar-refractivity contribution in [1.82, 2.24) is 15.2 Å². The third-order valence-electron chi connectivity index (χ3n) is 5.24. The second kappa shape index (κ2) is 7.12. The maximum Gasteiger partial charge on any atom is 0.225 e. The van der Waals surface area contributed by atoms with Gasteiger partial charge in [-0.25, -0.2) is 4.98 Å². The van der Waals surface area contributed by atoms with Crippen LogP contribution < -0.4 is 5.32 Å². The molecule has 2 heterocycles. The predicted molar refractivity (Wildman–Crippen MR) is 99.1 cm³/mol. The molecule has 5 heteroatoms. The molecule has 0 aromatic carbocycles. The van der Waals surface area contributed by atoms with Gasteiger partial charge in [-0.1, -0.05) is 34.1 Å². The molecule has 1 N–H and O–H groups in total. The monoisotopic (exact) mass is 349 g/mol. The maximum atomic E-state index is 12.3. The zero-order valence-corrected chi connectivity index (χ0v) is 16.3. The van der Waals surface area contributed by atoms with Crippen molar-refractivity contribution in [2.45, 2.75) is 71.4 Å². The van der Waals surface area contributed by atoms with Crippen LogP contribution in [0.2, 0.25) is 0 Å². The lowest BCUT2D eigenvalue weighted by atomic mass is 9.89. The van der Waals surface area contributed by atoms with E-state index in [9.17, 15) is 4.79 Å². The summed E-state index contributed by atoms with van der Waals surface area (Å²) in [7, 11) is 0. The lowest BCUT2D eigenvalue weighted by Crippen LogP contribution is -2.51. The molecular weight excluding hydrogens is 318 g/mol. The fraction of sp³-hybridized carbons (Fsp3) is 0.789. The SMILES string of the molecule is CCC1CN(C(=O)C2CC2)CCC1NCc1csc(C(C)(C)C)n1. The summed E-state index contributed by atoms with van der Waals surface area (Å²) >= 11 is 1.76. The van der Waals surface area contributed by atoms with Crippen molar-refractivity contribution < 1.29 is 4.79 Å². The Balaban J connectivity index is 1.53. The molecule has 1 aromatic rings. The molecule has 1 aromatic heterocycles. The van der Waals surface area contributed by atoms with Crippen LogP contribution in [-0.2, 0) is 16.8 Å². The Morgan fingerprint density at radius 3 is 2.71 bits per heavy atom. The largest absolute Gasteiger partial charge is 0.342 e. The summed E-state index contributed by atoms with van der Waals surface area (Å²) in [5, 5.41) is 7.10. The van der Waals surface area contributed by atoms with Crippen LogP contribution in [0.3, 0.4) is 0 Å². The van der Waals surface area contributed by atoms with Crippen molar-refractivity contribution in [2.75, 3.05) is 13.1 Å². The van der Waals surface area contributed by atoms with Gasteiger partial charge in [0.15, 0.2) is 0 Å². The molecular formula is C19H31N3OS. The third kappa shape index (κ3) is 4.17. The zero-order chi connectivity index (χ0) is 17.3. The number of nitrogens with one attached hydrogen (secondary N) is 1. The van der Waals surface area contributed by atoms with Gasteiger partial charge >= 0.3 is 0 Å². The molecule has 134 valence electrons. The van der Waals surface area contributed by atoms with Crippen LogP contribution in [0.4, 0.5) is 0 Å². The van der Waals surface area contributed by atoms with Crippen molar-refractivity contribution in [3.63, 3.8) is 0 Å². The summed E-state index contributed by atoms with van der Waals surface area (Å²) in [5.41, 5.74) is 1.28. The van der Waals surface area contributed by atoms with Crippen molar-refractivity contribution >= 4 is 17.2 Å². The molecule has 1 aliphatic heterocycles. The molecule has 0 bridgehead atoms. The first-order valence-electron chi connectivity index (χ1n) is 9.35. The van der Waals surface area contributed by atoms with Gasteiger partial charge in [0.05, 0.1) is 10.7 Å². The Kier molecular flexibility index (Phi) is 5.30. The molecule has 2 fully saturated rings. The molecule has 1 saturated heterocycles. The average molecular weight is 350 g/mol. The minimum Gasteiger partial charge on any atom is -0.342 e. The quantitative estimate of drug-likeness (QED) is 0.884. The van der Waals surface area contributed by atoms with Crippen LogP contribution >= 0.6 is 11.3 Å². The van der Waals surface area contributed by atoms with Gasteiger partial charge in [-0.05, 0) is 25.2 Å². The second-order valence-corrected chi connectivity index (χ2v) is 9.26. The van der Waals surface area contributed by atoms with Gasteiger partial charge in [0.2, 0.25) is 5.91 Å². The zero-order valence-electron chi connectivity index (χ0n) is 15.5. The molecule has 2 unspecified atom stereocenters. The summed E-state index contributed by atoms with van der Waals surface area (Å²) in [5.74, 6) is 1.31. The summed E-state index contributed by atoms with van der Waals surface area (Å²) < 4.78 is 0. The van der Waals surface area contributed by atoms with Crippen LogP contribution in [0.15, 0.2) is 5.38 Å². The highest BCUT2D eigenvalue weighted by atomic mass is 32.1. The van der Waals surface area contributed by atoms with Crippen molar-refractivity contribution in [2.24, 2.45) is 11.8 Å². The van der Waals surface area contributed by atoms with Crippen LogP contribution in [-0.4, -0.2) is 34.9 Å². The molecule has 3 rings (SSSR count). The number of carbonyl (C=O) groups is 1. The molecule has 0 radical (unpaired) electrons. The van der Waals surface area contributed by atoms with Crippen molar-refractivity contribution in [1.29, 1.82) is 0 Å². The first-order valence-corrected chi connectivity index (χ1v) is 10.2. The number of rotatable bonds is 5. The Hall–Kier alpha value is -0.940. The van der Waals surface area contributed by atoms with Crippen molar-refractivity contribution in [3.8, 4) is 0 Å². The first-order chi connectivity index (χ1) is 11.4. The van der Waals surface area contributed by atoms with E-state index in [0.29, 0.717) is 23.8 Å². The van der Waals surface area contributed by atoms with E-state index in [2.05, 4.69) is 43.3 Å². The van der Waals surface area contributed by atoms with E-state index in [0.717, 1.165) is 51.0 Å². The maximum absolute atomic E-state index is 12.3. The predicted octanol–water partition coefficient (Wildman–Crippen LogP) is 3.57. The van der Waals surface area contributed by atoms with E-state index in [1.165, 1.54) is 5.01 Å². The van der Waals surface area contributed by atoms with Crippen LogP contribution in [0.1, 0.15) is 64.1 Å².